The van der Waals surface area contributed by atoms with E-state index in [1.807, 2.05) is 13.8 Å². The maximum atomic E-state index is 10.6. The molecule has 1 heterocycles. The average Bonchev–Trinajstić information content (AvgIpc) is 2.80. The van der Waals surface area contributed by atoms with Crippen molar-refractivity contribution in [1.29, 1.82) is 0 Å². The molecule has 0 fully saturated rings. The van der Waals surface area contributed by atoms with Gasteiger partial charge in [0, 0.05) is 17.5 Å². The summed E-state index contributed by atoms with van der Waals surface area (Å²) < 4.78 is 9.76. The zero-order valence-electron chi connectivity index (χ0n) is 10.7. The van der Waals surface area contributed by atoms with Gasteiger partial charge in [0.1, 0.15) is 11.6 Å². The smallest absolute Gasteiger partial charge is 0.307 e. The van der Waals surface area contributed by atoms with Crippen molar-refractivity contribution >= 4 is 17.5 Å². The van der Waals surface area contributed by atoms with E-state index >= 15 is 0 Å². The molecule has 5 nitrogen and oxygen atoms in total. The van der Waals surface area contributed by atoms with Gasteiger partial charge in [-0.1, -0.05) is 26.0 Å². The van der Waals surface area contributed by atoms with Gasteiger partial charge < -0.3 is 9.84 Å². The summed E-state index contributed by atoms with van der Waals surface area (Å²) >= 11 is 1.21. The lowest BCUT2D eigenvalue weighted by molar-refractivity contribution is -0.136. The third-order valence-electron chi connectivity index (χ3n) is 2.42. The summed E-state index contributed by atoms with van der Waals surface area (Å²) in [5.74, 6) is 0.814. The van der Waals surface area contributed by atoms with E-state index in [-0.39, 0.29) is 12.3 Å². The molecule has 0 aliphatic carbocycles. The third-order valence-corrected chi connectivity index (χ3v) is 3.03. The molecular weight excluding hydrogens is 264 g/mol. The summed E-state index contributed by atoms with van der Waals surface area (Å²) in [6, 6.07) is 6.92. The van der Waals surface area contributed by atoms with Crippen LogP contribution in [0.15, 0.2) is 24.3 Å². The molecule has 0 aliphatic heterocycles. The van der Waals surface area contributed by atoms with E-state index in [1.165, 1.54) is 11.5 Å². The maximum Gasteiger partial charge on any atom is 0.307 e. The lowest BCUT2D eigenvalue weighted by Gasteiger charge is -2.02. The minimum absolute atomic E-state index is 0.0105. The van der Waals surface area contributed by atoms with E-state index in [9.17, 15) is 4.79 Å². The van der Waals surface area contributed by atoms with Gasteiger partial charge in [0.25, 0.3) is 5.19 Å². The lowest BCUT2D eigenvalue weighted by atomic mass is 10.1. The predicted molar refractivity (Wildman–Crippen MR) is 71.9 cm³/mol. The zero-order valence-corrected chi connectivity index (χ0v) is 11.5. The molecule has 2 aromatic rings. The van der Waals surface area contributed by atoms with Crippen LogP contribution < -0.4 is 4.74 Å². The fourth-order valence-electron chi connectivity index (χ4n) is 1.45. The standard InChI is InChI=1S/C13H14N2O3S/c1-8(2)12-14-13(19-15-12)18-10-5-3-9(4-6-10)7-11(16)17/h3-6,8H,7H2,1-2H3,(H,16,17). The average molecular weight is 278 g/mol. The molecule has 2 rings (SSSR count). The number of hydrogen-bond donors (Lipinski definition) is 1. The number of benzene rings is 1. The number of aromatic nitrogens is 2. The Kier molecular flexibility index (Phi) is 4.11. The van der Waals surface area contributed by atoms with Crippen LogP contribution in [0.5, 0.6) is 10.9 Å². The minimum Gasteiger partial charge on any atom is -0.481 e. The number of carboxylic acids is 1. The maximum absolute atomic E-state index is 10.6. The van der Waals surface area contributed by atoms with Crippen LogP contribution in [0.2, 0.25) is 0 Å². The van der Waals surface area contributed by atoms with E-state index < -0.39 is 5.97 Å². The van der Waals surface area contributed by atoms with Crippen molar-refractivity contribution in [2.45, 2.75) is 26.2 Å². The molecule has 0 unspecified atom stereocenters. The van der Waals surface area contributed by atoms with Crippen LogP contribution in [-0.2, 0) is 11.2 Å². The van der Waals surface area contributed by atoms with Crippen molar-refractivity contribution in [2.75, 3.05) is 0 Å². The highest BCUT2D eigenvalue weighted by atomic mass is 32.1. The van der Waals surface area contributed by atoms with Crippen LogP contribution in [0.3, 0.4) is 0 Å². The van der Waals surface area contributed by atoms with Gasteiger partial charge in [0.15, 0.2) is 0 Å². The van der Waals surface area contributed by atoms with Crippen LogP contribution in [0, 0.1) is 0 Å². The van der Waals surface area contributed by atoms with Crippen molar-refractivity contribution in [2.24, 2.45) is 0 Å². The number of nitrogens with zero attached hydrogens (tertiary/aromatic N) is 2. The largest absolute Gasteiger partial charge is 0.481 e. The number of ether oxygens (including phenoxy) is 1. The molecule has 6 heteroatoms. The summed E-state index contributed by atoms with van der Waals surface area (Å²) in [6.07, 6.45) is 0.0105. The summed E-state index contributed by atoms with van der Waals surface area (Å²) in [7, 11) is 0. The van der Waals surface area contributed by atoms with Crippen molar-refractivity contribution in [3.8, 4) is 10.9 Å². The van der Waals surface area contributed by atoms with E-state index in [0.717, 1.165) is 11.4 Å². The van der Waals surface area contributed by atoms with Crippen LogP contribution in [0.1, 0.15) is 31.2 Å². The summed E-state index contributed by atoms with van der Waals surface area (Å²) in [6.45, 7) is 4.04. The molecular formula is C13H14N2O3S. The Morgan fingerprint density at radius 1 is 1.37 bits per heavy atom. The Balaban J connectivity index is 2.04. The predicted octanol–water partition coefficient (Wildman–Crippen LogP) is 3.08. The van der Waals surface area contributed by atoms with Crippen LogP contribution in [0.25, 0.3) is 0 Å². The van der Waals surface area contributed by atoms with Crippen molar-refractivity contribution < 1.29 is 14.6 Å². The first kappa shape index (κ1) is 13.5. The summed E-state index contributed by atoms with van der Waals surface area (Å²) in [5, 5.41) is 9.17. The van der Waals surface area contributed by atoms with E-state index in [4.69, 9.17) is 9.84 Å². The zero-order chi connectivity index (χ0) is 13.8. The van der Waals surface area contributed by atoms with Crippen molar-refractivity contribution in [3.63, 3.8) is 0 Å². The molecule has 0 saturated heterocycles. The number of aliphatic carboxylic acids is 1. The van der Waals surface area contributed by atoms with Crippen LogP contribution in [-0.4, -0.2) is 20.4 Å². The fraction of sp³-hybridized carbons (Fsp3) is 0.308. The second kappa shape index (κ2) is 5.79. The van der Waals surface area contributed by atoms with E-state index in [1.54, 1.807) is 24.3 Å². The Morgan fingerprint density at radius 3 is 2.58 bits per heavy atom. The molecule has 0 saturated carbocycles. The molecule has 0 spiro atoms. The molecule has 1 N–H and O–H groups in total. The summed E-state index contributed by atoms with van der Waals surface area (Å²) in [5.41, 5.74) is 0.736. The number of hydrogen-bond acceptors (Lipinski definition) is 5. The number of rotatable bonds is 5. The lowest BCUT2D eigenvalue weighted by Crippen LogP contribution is -1.99. The molecule has 1 aromatic heterocycles. The van der Waals surface area contributed by atoms with Gasteiger partial charge in [-0.15, -0.1) is 0 Å². The van der Waals surface area contributed by atoms with Gasteiger partial charge in [-0.2, -0.15) is 9.36 Å². The fourth-order valence-corrected chi connectivity index (χ4v) is 2.14. The molecule has 0 aliphatic rings. The molecule has 0 radical (unpaired) electrons. The first-order valence-electron chi connectivity index (χ1n) is 5.87. The quantitative estimate of drug-likeness (QED) is 0.910. The second-order valence-electron chi connectivity index (χ2n) is 4.39. The highest BCUT2D eigenvalue weighted by Crippen LogP contribution is 2.25. The van der Waals surface area contributed by atoms with Gasteiger partial charge in [-0.05, 0) is 17.7 Å². The van der Waals surface area contributed by atoms with Crippen LogP contribution in [0.4, 0.5) is 0 Å². The van der Waals surface area contributed by atoms with Crippen molar-refractivity contribution in [3.05, 3.63) is 35.7 Å². The van der Waals surface area contributed by atoms with Gasteiger partial charge in [-0.3, -0.25) is 4.79 Å². The first-order valence-corrected chi connectivity index (χ1v) is 6.64. The van der Waals surface area contributed by atoms with Gasteiger partial charge in [-0.25, -0.2) is 0 Å². The Morgan fingerprint density at radius 2 is 2.05 bits per heavy atom. The highest BCUT2D eigenvalue weighted by Gasteiger charge is 2.09. The van der Waals surface area contributed by atoms with Crippen LogP contribution >= 0.6 is 11.5 Å². The first-order chi connectivity index (χ1) is 9.04. The number of carboxylic acid groups (broad SMARTS) is 1. The Bertz CT molecular complexity index is 564. The molecule has 0 atom stereocenters. The molecule has 1 aromatic carbocycles. The van der Waals surface area contributed by atoms with E-state index in [0.29, 0.717) is 10.9 Å². The van der Waals surface area contributed by atoms with Gasteiger partial charge >= 0.3 is 5.97 Å². The Hall–Kier alpha value is -1.95. The normalized spacial score (nSPS) is 10.7. The van der Waals surface area contributed by atoms with Gasteiger partial charge in [0.2, 0.25) is 0 Å². The Labute approximate surface area is 115 Å². The molecule has 0 bridgehead atoms. The highest BCUT2D eigenvalue weighted by molar-refractivity contribution is 7.07. The molecule has 0 amide bonds. The molecule has 100 valence electrons. The van der Waals surface area contributed by atoms with Gasteiger partial charge in [0.05, 0.1) is 6.42 Å². The minimum atomic E-state index is -0.848. The van der Waals surface area contributed by atoms with E-state index in [2.05, 4.69) is 9.36 Å². The summed E-state index contributed by atoms with van der Waals surface area (Å²) in [4.78, 5) is 14.8. The topological polar surface area (TPSA) is 72.3 Å². The molecule has 19 heavy (non-hydrogen) atoms. The SMILES string of the molecule is CC(C)c1nsc(Oc2ccc(CC(=O)O)cc2)n1. The second-order valence-corrected chi connectivity index (χ2v) is 5.10. The van der Waals surface area contributed by atoms with Crippen molar-refractivity contribution in [1.82, 2.24) is 9.36 Å². The monoisotopic (exact) mass is 278 g/mol. The number of carbonyl (C=O) groups is 1. The third kappa shape index (κ3) is 3.75.